The lowest BCUT2D eigenvalue weighted by Crippen LogP contribution is -2.23. The third-order valence-corrected chi connectivity index (χ3v) is 2.46. The Morgan fingerprint density at radius 3 is 2.47 bits per heavy atom. The molecule has 0 bridgehead atoms. The molecule has 1 aromatic carbocycles. The van der Waals surface area contributed by atoms with Gasteiger partial charge in [0, 0.05) is 13.1 Å². The second-order valence-corrected chi connectivity index (χ2v) is 3.88. The second-order valence-electron chi connectivity index (χ2n) is 3.88. The summed E-state index contributed by atoms with van der Waals surface area (Å²) in [7, 11) is 0. The highest BCUT2D eigenvalue weighted by Gasteiger charge is 2.14. The number of nitrogens with zero attached hydrogens (tertiary/aromatic N) is 2. The maximum Gasteiger partial charge on any atom is 0.229 e. The predicted molar refractivity (Wildman–Crippen MR) is 68.2 cm³/mol. The van der Waals surface area contributed by atoms with Crippen LogP contribution in [-0.4, -0.2) is 10.9 Å². The van der Waals surface area contributed by atoms with E-state index in [4.69, 9.17) is 0 Å². The van der Waals surface area contributed by atoms with Gasteiger partial charge in [0.15, 0.2) is 0 Å². The number of hydrogen-bond acceptors (Lipinski definition) is 2. The first-order valence-electron chi connectivity index (χ1n) is 5.47. The number of benzene rings is 1. The number of para-hydroxylation sites is 1. The van der Waals surface area contributed by atoms with E-state index in [1.54, 1.807) is 11.1 Å². The molecule has 0 saturated heterocycles. The van der Waals surface area contributed by atoms with E-state index in [0.717, 1.165) is 11.3 Å². The summed E-state index contributed by atoms with van der Waals surface area (Å²) in [5.41, 5.74) is 1.91. The monoisotopic (exact) mass is 226 g/mol. The summed E-state index contributed by atoms with van der Waals surface area (Å²) in [5, 5.41) is 0. The zero-order chi connectivity index (χ0) is 12.3. The molecule has 3 heteroatoms. The van der Waals surface area contributed by atoms with Crippen LogP contribution in [0.15, 0.2) is 48.7 Å². The lowest BCUT2D eigenvalue weighted by Gasteiger charge is -2.20. The Morgan fingerprint density at radius 2 is 1.88 bits per heavy atom. The van der Waals surface area contributed by atoms with Crippen molar-refractivity contribution in [2.24, 2.45) is 0 Å². The fraction of sp³-hybridized carbons (Fsp3) is 0.143. The Bertz CT molecular complexity index is 523. The Kier molecular flexibility index (Phi) is 3.19. The standard InChI is InChI=1S/C14H14N2O/c1-11-8-9-15-14(10-11)16(12(2)17)13-6-4-3-5-7-13/h3-10H,1-2H3. The Hall–Kier alpha value is -2.16. The van der Waals surface area contributed by atoms with Crippen molar-refractivity contribution in [1.29, 1.82) is 0 Å². The molecule has 2 aromatic rings. The van der Waals surface area contributed by atoms with Crippen LogP contribution >= 0.6 is 0 Å². The van der Waals surface area contributed by atoms with Crippen LogP contribution in [0, 0.1) is 6.92 Å². The average Bonchev–Trinajstić information content (AvgIpc) is 2.30. The highest BCUT2D eigenvalue weighted by atomic mass is 16.2. The fourth-order valence-corrected chi connectivity index (χ4v) is 1.69. The van der Waals surface area contributed by atoms with Gasteiger partial charge >= 0.3 is 0 Å². The number of aromatic nitrogens is 1. The summed E-state index contributed by atoms with van der Waals surface area (Å²) in [5.74, 6) is 0.609. The maximum absolute atomic E-state index is 11.7. The van der Waals surface area contributed by atoms with Gasteiger partial charge in [0.25, 0.3) is 0 Å². The van der Waals surface area contributed by atoms with Gasteiger partial charge in [-0.1, -0.05) is 18.2 Å². The summed E-state index contributed by atoms with van der Waals surface area (Å²) in [6.45, 7) is 3.52. The molecule has 1 aromatic heterocycles. The predicted octanol–water partition coefficient (Wildman–Crippen LogP) is 3.07. The van der Waals surface area contributed by atoms with Crippen LogP contribution < -0.4 is 4.90 Å². The summed E-state index contributed by atoms with van der Waals surface area (Å²) in [4.78, 5) is 17.6. The number of amides is 1. The van der Waals surface area contributed by atoms with E-state index in [9.17, 15) is 4.79 Å². The molecule has 17 heavy (non-hydrogen) atoms. The molecule has 0 radical (unpaired) electrons. The molecule has 1 amide bonds. The molecule has 0 spiro atoms. The van der Waals surface area contributed by atoms with E-state index in [0.29, 0.717) is 5.82 Å². The SMILES string of the molecule is CC(=O)N(c1ccccc1)c1cc(C)ccn1. The topological polar surface area (TPSA) is 33.2 Å². The van der Waals surface area contributed by atoms with E-state index >= 15 is 0 Å². The van der Waals surface area contributed by atoms with Crippen molar-refractivity contribution in [3.05, 3.63) is 54.2 Å². The van der Waals surface area contributed by atoms with Crippen molar-refractivity contribution < 1.29 is 4.79 Å². The van der Waals surface area contributed by atoms with Gasteiger partial charge in [-0.3, -0.25) is 9.69 Å². The molecule has 3 nitrogen and oxygen atoms in total. The van der Waals surface area contributed by atoms with E-state index in [1.807, 2.05) is 49.4 Å². The minimum atomic E-state index is -0.0469. The quantitative estimate of drug-likeness (QED) is 0.788. The fourth-order valence-electron chi connectivity index (χ4n) is 1.69. The number of aryl methyl sites for hydroxylation is 1. The van der Waals surface area contributed by atoms with Crippen LogP contribution in [0.25, 0.3) is 0 Å². The highest BCUT2D eigenvalue weighted by molar-refractivity contribution is 5.98. The third kappa shape index (κ3) is 2.50. The molecule has 0 aliphatic rings. The van der Waals surface area contributed by atoms with Crippen LogP contribution in [0.4, 0.5) is 11.5 Å². The van der Waals surface area contributed by atoms with Crippen LogP contribution in [-0.2, 0) is 4.79 Å². The van der Waals surface area contributed by atoms with Crippen molar-refractivity contribution in [1.82, 2.24) is 4.98 Å². The number of carbonyl (C=O) groups is 1. The van der Waals surface area contributed by atoms with Crippen molar-refractivity contribution in [3.8, 4) is 0 Å². The molecule has 0 saturated carbocycles. The minimum Gasteiger partial charge on any atom is -0.274 e. The van der Waals surface area contributed by atoms with Gasteiger partial charge < -0.3 is 0 Å². The molecule has 0 unspecified atom stereocenters. The van der Waals surface area contributed by atoms with Gasteiger partial charge in [-0.2, -0.15) is 0 Å². The Labute approximate surface area is 101 Å². The van der Waals surface area contributed by atoms with Crippen molar-refractivity contribution in [2.75, 3.05) is 4.90 Å². The summed E-state index contributed by atoms with van der Waals surface area (Å²) in [6.07, 6.45) is 1.71. The molecule has 0 fully saturated rings. The molecule has 0 N–H and O–H groups in total. The number of carbonyl (C=O) groups excluding carboxylic acids is 1. The summed E-state index contributed by atoms with van der Waals surface area (Å²) >= 11 is 0. The lowest BCUT2D eigenvalue weighted by molar-refractivity contribution is -0.115. The normalized spacial score (nSPS) is 10.0. The number of pyridine rings is 1. The first-order valence-corrected chi connectivity index (χ1v) is 5.47. The zero-order valence-electron chi connectivity index (χ0n) is 9.92. The van der Waals surface area contributed by atoms with E-state index in [1.165, 1.54) is 6.92 Å². The van der Waals surface area contributed by atoms with Crippen LogP contribution in [0.5, 0.6) is 0 Å². The molecule has 1 heterocycles. The van der Waals surface area contributed by atoms with Crippen LogP contribution in [0.1, 0.15) is 12.5 Å². The molecular weight excluding hydrogens is 212 g/mol. The summed E-state index contributed by atoms with van der Waals surface area (Å²) < 4.78 is 0. The minimum absolute atomic E-state index is 0.0469. The van der Waals surface area contributed by atoms with E-state index in [2.05, 4.69) is 4.98 Å². The number of anilines is 2. The Balaban J connectivity index is 2.47. The van der Waals surface area contributed by atoms with E-state index in [-0.39, 0.29) is 5.91 Å². The number of hydrogen-bond donors (Lipinski definition) is 0. The first-order chi connectivity index (χ1) is 8.18. The van der Waals surface area contributed by atoms with Crippen LogP contribution in [0.2, 0.25) is 0 Å². The van der Waals surface area contributed by atoms with Gasteiger partial charge in [-0.05, 0) is 36.8 Å². The number of rotatable bonds is 2. The molecular formula is C14H14N2O. The molecule has 86 valence electrons. The maximum atomic E-state index is 11.7. The first kappa shape index (κ1) is 11.3. The zero-order valence-corrected chi connectivity index (χ0v) is 9.92. The van der Waals surface area contributed by atoms with E-state index < -0.39 is 0 Å². The highest BCUT2D eigenvalue weighted by Crippen LogP contribution is 2.23. The molecule has 0 aliphatic carbocycles. The second kappa shape index (κ2) is 4.78. The van der Waals surface area contributed by atoms with Crippen LogP contribution in [0.3, 0.4) is 0 Å². The largest absolute Gasteiger partial charge is 0.274 e. The van der Waals surface area contributed by atoms with Gasteiger partial charge in [-0.15, -0.1) is 0 Å². The molecule has 0 aliphatic heterocycles. The Morgan fingerprint density at radius 1 is 1.18 bits per heavy atom. The smallest absolute Gasteiger partial charge is 0.229 e. The van der Waals surface area contributed by atoms with Gasteiger partial charge in [-0.25, -0.2) is 4.98 Å². The summed E-state index contributed by atoms with van der Waals surface area (Å²) in [6, 6.07) is 13.3. The van der Waals surface area contributed by atoms with Gasteiger partial charge in [0.2, 0.25) is 5.91 Å². The van der Waals surface area contributed by atoms with Crippen molar-refractivity contribution in [2.45, 2.75) is 13.8 Å². The van der Waals surface area contributed by atoms with Gasteiger partial charge in [0.05, 0.1) is 5.69 Å². The van der Waals surface area contributed by atoms with Crippen molar-refractivity contribution in [3.63, 3.8) is 0 Å². The molecule has 2 rings (SSSR count). The van der Waals surface area contributed by atoms with Gasteiger partial charge in [0.1, 0.15) is 5.82 Å². The van der Waals surface area contributed by atoms with Crippen molar-refractivity contribution >= 4 is 17.4 Å². The lowest BCUT2D eigenvalue weighted by atomic mass is 10.2. The molecule has 0 atom stereocenters. The average molecular weight is 226 g/mol. The third-order valence-electron chi connectivity index (χ3n) is 2.46.